The lowest BCUT2D eigenvalue weighted by molar-refractivity contribution is -0.153. The molecule has 26 heavy (non-hydrogen) atoms. The number of carbonyl (C=O) groups is 1. The predicted molar refractivity (Wildman–Crippen MR) is 96.8 cm³/mol. The lowest BCUT2D eigenvalue weighted by Gasteiger charge is -2.16. The molecule has 0 bridgehead atoms. The molecule has 0 spiro atoms. The second-order valence-electron chi connectivity index (χ2n) is 7.22. The zero-order valence-electron chi connectivity index (χ0n) is 15.5. The van der Waals surface area contributed by atoms with Crippen molar-refractivity contribution in [3.8, 4) is 5.75 Å². The molecule has 0 saturated carbocycles. The lowest BCUT2D eigenvalue weighted by Crippen LogP contribution is -2.23. The van der Waals surface area contributed by atoms with Crippen LogP contribution in [-0.2, 0) is 9.53 Å². The number of carbonyl (C=O) groups excluding carboxylic acids is 1. The van der Waals surface area contributed by atoms with E-state index in [1.165, 1.54) is 24.3 Å². The van der Waals surface area contributed by atoms with Crippen LogP contribution in [0.5, 0.6) is 5.75 Å². The first-order valence-corrected chi connectivity index (χ1v) is 8.81. The smallest absolute Gasteiger partial charge is 0.339 e. The van der Waals surface area contributed by atoms with Gasteiger partial charge in [-0.2, -0.15) is 0 Å². The zero-order chi connectivity index (χ0) is 19.2. The van der Waals surface area contributed by atoms with Crippen LogP contribution in [0.3, 0.4) is 0 Å². The normalized spacial score (nSPS) is 11.5. The molecule has 0 aliphatic carbocycles. The van der Waals surface area contributed by atoms with Crippen molar-refractivity contribution in [3.63, 3.8) is 0 Å². The summed E-state index contributed by atoms with van der Waals surface area (Å²) in [6.07, 6.45) is 3.39. The minimum atomic E-state index is -0.528. The molecule has 2 aromatic rings. The monoisotopic (exact) mass is 364 g/mol. The summed E-state index contributed by atoms with van der Waals surface area (Å²) in [6, 6.07) is 5.17. The Balaban J connectivity index is 1.72. The van der Waals surface area contributed by atoms with E-state index in [2.05, 4.69) is 0 Å². The standard InChI is InChI=1S/C20H25FO5/c1-20(2,3)19(23)25-11-7-5-4-6-10-24-17-13-18(22)26-16-9-8-14(21)12-15(16)17/h8-9,12-13H,4-7,10-11H2,1-3H3. The summed E-state index contributed by atoms with van der Waals surface area (Å²) in [5.74, 6) is -0.279. The molecule has 142 valence electrons. The van der Waals surface area contributed by atoms with E-state index >= 15 is 0 Å². The van der Waals surface area contributed by atoms with Crippen LogP contribution in [0.2, 0.25) is 0 Å². The minimum Gasteiger partial charge on any atom is -0.493 e. The van der Waals surface area contributed by atoms with Crippen molar-refractivity contribution in [2.45, 2.75) is 46.5 Å². The van der Waals surface area contributed by atoms with Crippen molar-refractivity contribution >= 4 is 16.9 Å². The summed E-state index contributed by atoms with van der Waals surface area (Å²) in [7, 11) is 0. The Kier molecular flexibility index (Phi) is 6.77. The minimum absolute atomic E-state index is 0.192. The molecule has 0 unspecified atom stereocenters. The molecular formula is C20H25FO5. The number of unbranched alkanes of at least 4 members (excludes halogenated alkanes) is 3. The van der Waals surface area contributed by atoms with Crippen LogP contribution in [0.4, 0.5) is 4.39 Å². The number of halogens is 1. The molecule has 0 saturated heterocycles. The van der Waals surface area contributed by atoms with Gasteiger partial charge in [0, 0.05) is 0 Å². The average molecular weight is 364 g/mol. The molecule has 0 aliphatic rings. The Labute approximate surface area is 152 Å². The third-order valence-electron chi connectivity index (χ3n) is 3.81. The number of benzene rings is 1. The molecule has 2 rings (SSSR count). The molecule has 1 aromatic heterocycles. The summed E-state index contributed by atoms with van der Waals surface area (Å²) < 4.78 is 29.3. The quantitative estimate of drug-likeness (QED) is 0.393. The van der Waals surface area contributed by atoms with Gasteiger partial charge in [0.2, 0.25) is 0 Å². The molecule has 0 aliphatic heterocycles. The Morgan fingerprint density at radius 1 is 1.08 bits per heavy atom. The van der Waals surface area contributed by atoms with Crippen LogP contribution >= 0.6 is 0 Å². The highest BCUT2D eigenvalue weighted by Crippen LogP contribution is 2.24. The van der Waals surface area contributed by atoms with Crippen LogP contribution in [0, 0.1) is 11.2 Å². The average Bonchev–Trinajstić information content (AvgIpc) is 2.56. The first-order valence-electron chi connectivity index (χ1n) is 8.81. The zero-order valence-corrected chi connectivity index (χ0v) is 15.5. The van der Waals surface area contributed by atoms with Gasteiger partial charge in [0.05, 0.1) is 30.1 Å². The van der Waals surface area contributed by atoms with Crippen LogP contribution < -0.4 is 10.4 Å². The van der Waals surface area contributed by atoms with Crippen molar-refractivity contribution in [1.29, 1.82) is 0 Å². The summed E-state index contributed by atoms with van der Waals surface area (Å²) in [5, 5.41) is 0.443. The Morgan fingerprint density at radius 3 is 2.46 bits per heavy atom. The van der Waals surface area contributed by atoms with Gasteiger partial charge in [0.25, 0.3) is 0 Å². The molecule has 0 amide bonds. The first kappa shape index (κ1) is 19.9. The highest BCUT2D eigenvalue weighted by atomic mass is 19.1. The van der Waals surface area contributed by atoms with Crippen molar-refractivity contribution in [3.05, 3.63) is 40.5 Å². The van der Waals surface area contributed by atoms with E-state index in [-0.39, 0.29) is 5.97 Å². The van der Waals surface area contributed by atoms with E-state index < -0.39 is 16.9 Å². The number of ether oxygens (including phenoxy) is 2. The number of rotatable bonds is 8. The first-order chi connectivity index (χ1) is 12.3. The van der Waals surface area contributed by atoms with Gasteiger partial charge in [-0.15, -0.1) is 0 Å². The number of hydrogen-bond donors (Lipinski definition) is 0. The van der Waals surface area contributed by atoms with Crippen LogP contribution in [0.25, 0.3) is 11.0 Å². The van der Waals surface area contributed by atoms with Crippen molar-refractivity contribution < 1.29 is 23.1 Å². The SMILES string of the molecule is CC(C)(C)C(=O)OCCCCCCOc1cc(=O)oc2ccc(F)cc12. The third kappa shape index (κ3) is 5.86. The van der Waals surface area contributed by atoms with Crippen LogP contribution in [-0.4, -0.2) is 19.2 Å². The van der Waals surface area contributed by atoms with Crippen molar-refractivity contribution in [2.24, 2.45) is 5.41 Å². The molecule has 5 nitrogen and oxygen atoms in total. The van der Waals surface area contributed by atoms with Gasteiger partial charge < -0.3 is 13.9 Å². The van der Waals surface area contributed by atoms with Gasteiger partial charge in [-0.05, 0) is 64.7 Å². The molecule has 1 aromatic carbocycles. The van der Waals surface area contributed by atoms with Gasteiger partial charge in [-0.1, -0.05) is 0 Å². The van der Waals surface area contributed by atoms with Crippen molar-refractivity contribution in [1.82, 2.24) is 0 Å². The Bertz CT molecular complexity index is 804. The second-order valence-corrected chi connectivity index (χ2v) is 7.22. The van der Waals surface area contributed by atoms with E-state index in [0.29, 0.717) is 29.9 Å². The van der Waals surface area contributed by atoms with Gasteiger partial charge in [-0.3, -0.25) is 4.79 Å². The van der Waals surface area contributed by atoms with Crippen molar-refractivity contribution in [2.75, 3.05) is 13.2 Å². The van der Waals surface area contributed by atoms with E-state index in [0.717, 1.165) is 25.7 Å². The van der Waals surface area contributed by atoms with Crippen LogP contribution in [0.1, 0.15) is 46.5 Å². The topological polar surface area (TPSA) is 65.7 Å². The van der Waals surface area contributed by atoms with Gasteiger partial charge in [0.1, 0.15) is 17.1 Å². The Hall–Kier alpha value is -2.37. The van der Waals surface area contributed by atoms with E-state index in [1.807, 2.05) is 20.8 Å². The fourth-order valence-electron chi connectivity index (χ4n) is 2.35. The van der Waals surface area contributed by atoms with E-state index in [1.54, 1.807) is 0 Å². The van der Waals surface area contributed by atoms with E-state index in [4.69, 9.17) is 13.9 Å². The van der Waals surface area contributed by atoms with Crippen LogP contribution in [0.15, 0.2) is 33.5 Å². The lowest BCUT2D eigenvalue weighted by atomic mass is 9.97. The highest BCUT2D eigenvalue weighted by Gasteiger charge is 2.22. The molecular weight excluding hydrogens is 339 g/mol. The van der Waals surface area contributed by atoms with Gasteiger partial charge in [-0.25, -0.2) is 9.18 Å². The largest absolute Gasteiger partial charge is 0.493 e. The fraction of sp³-hybridized carbons (Fsp3) is 0.500. The predicted octanol–water partition coefficient (Wildman–Crippen LogP) is 4.46. The summed E-state index contributed by atoms with van der Waals surface area (Å²) in [6.45, 7) is 6.31. The number of esters is 1. The summed E-state index contributed by atoms with van der Waals surface area (Å²) in [5.41, 5.74) is -0.701. The maximum Gasteiger partial charge on any atom is 0.339 e. The second kappa shape index (κ2) is 8.83. The van der Waals surface area contributed by atoms with Gasteiger partial charge >= 0.3 is 11.6 Å². The fourth-order valence-corrected chi connectivity index (χ4v) is 2.35. The number of fused-ring (bicyclic) bond motifs is 1. The Morgan fingerprint density at radius 2 is 1.77 bits per heavy atom. The maximum atomic E-state index is 13.4. The van der Waals surface area contributed by atoms with Gasteiger partial charge in [0.15, 0.2) is 0 Å². The molecule has 1 heterocycles. The molecule has 6 heteroatoms. The summed E-state index contributed by atoms with van der Waals surface area (Å²) in [4.78, 5) is 23.2. The van der Waals surface area contributed by atoms with E-state index in [9.17, 15) is 14.0 Å². The molecule has 0 atom stereocenters. The number of hydrogen-bond acceptors (Lipinski definition) is 5. The summed E-state index contributed by atoms with van der Waals surface area (Å²) >= 11 is 0. The highest BCUT2D eigenvalue weighted by molar-refractivity contribution is 5.83. The molecule has 0 fully saturated rings. The third-order valence-corrected chi connectivity index (χ3v) is 3.81. The maximum absolute atomic E-state index is 13.4. The molecule has 0 radical (unpaired) electrons. The molecule has 0 N–H and O–H groups in total.